The molecule has 0 heterocycles. The van der Waals surface area contributed by atoms with E-state index in [0.29, 0.717) is 16.3 Å². The maximum absolute atomic E-state index is 11.3. The molecule has 1 aliphatic rings. The minimum Gasteiger partial charge on any atom is -0.381 e. The first kappa shape index (κ1) is 36.0. The number of nitrogens with zero attached hydrogens (tertiary/aromatic N) is 1. The molecule has 0 bridgehead atoms. The number of likely N-dealkylation sites (N-methyl/N-ethyl adjacent to an activating group) is 1. The van der Waals surface area contributed by atoms with Gasteiger partial charge >= 0.3 is 7.82 Å². The molecule has 0 aromatic carbocycles. The fourth-order valence-electron chi connectivity index (χ4n) is 5.58. The van der Waals surface area contributed by atoms with E-state index < -0.39 is 7.82 Å². The van der Waals surface area contributed by atoms with E-state index in [2.05, 4.69) is 28.1 Å². The molecule has 2 N–H and O–H groups in total. The third-order valence-corrected chi connectivity index (χ3v) is 8.71. The number of unbranched alkanes of at least 4 members (excludes halogenated alkanes) is 11. The highest BCUT2D eigenvalue weighted by Crippen LogP contribution is 2.39. The molecule has 8 heteroatoms. The first-order valence-electron chi connectivity index (χ1n) is 15.8. The summed E-state index contributed by atoms with van der Waals surface area (Å²) < 4.78 is 28.8. The highest BCUT2D eigenvalue weighted by atomic mass is 31.2. The molecule has 0 aromatic heterocycles. The van der Waals surface area contributed by atoms with Crippen molar-refractivity contribution < 1.29 is 32.8 Å². The van der Waals surface area contributed by atoms with Crippen LogP contribution in [0.15, 0.2) is 0 Å². The summed E-state index contributed by atoms with van der Waals surface area (Å²) in [4.78, 5) is 18.4. The average Bonchev–Trinajstić information content (AvgIpc) is 3.38. The predicted octanol–water partition coefficient (Wildman–Crippen LogP) is 7.49. The van der Waals surface area contributed by atoms with Crippen molar-refractivity contribution in [2.75, 3.05) is 54.2 Å². The Morgan fingerprint density at radius 3 is 1.68 bits per heavy atom. The topological polar surface area (TPSA) is 85.2 Å². The van der Waals surface area contributed by atoms with Crippen LogP contribution in [0.4, 0.5) is 0 Å². The van der Waals surface area contributed by atoms with Crippen molar-refractivity contribution in [3.63, 3.8) is 0 Å². The van der Waals surface area contributed by atoms with Crippen LogP contribution in [0.3, 0.4) is 0 Å². The number of hydrogen-bond donors (Lipinski definition) is 2. The molecule has 0 saturated heterocycles. The van der Waals surface area contributed by atoms with E-state index >= 15 is 0 Å². The van der Waals surface area contributed by atoms with Gasteiger partial charge in [-0.05, 0) is 31.1 Å². The second-order valence-electron chi connectivity index (χ2n) is 12.5. The van der Waals surface area contributed by atoms with E-state index in [4.69, 9.17) is 14.0 Å². The fraction of sp³-hybridized carbons (Fsp3) is 1.00. The smallest absolute Gasteiger partial charge is 0.381 e. The fourth-order valence-corrected chi connectivity index (χ4v) is 5.95. The van der Waals surface area contributed by atoms with Gasteiger partial charge in [-0.2, -0.15) is 0 Å². The van der Waals surface area contributed by atoms with Crippen molar-refractivity contribution in [2.45, 2.75) is 129 Å². The number of quaternary nitrogens is 1. The van der Waals surface area contributed by atoms with Crippen molar-refractivity contribution in [1.82, 2.24) is 0 Å². The summed E-state index contributed by atoms with van der Waals surface area (Å²) in [6.07, 6.45) is 22.6. The van der Waals surface area contributed by atoms with Crippen LogP contribution in [0, 0.1) is 11.8 Å². The summed E-state index contributed by atoms with van der Waals surface area (Å²) in [6.45, 7) is 5.65. The van der Waals surface area contributed by atoms with Crippen LogP contribution in [0.2, 0.25) is 0 Å². The van der Waals surface area contributed by atoms with Crippen LogP contribution in [-0.4, -0.2) is 74.5 Å². The van der Waals surface area contributed by atoms with Crippen molar-refractivity contribution in [2.24, 2.45) is 11.8 Å². The van der Waals surface area contributed by atoms with E-state index in [1.54, 1.807) is 0 Å². The zero-order valence-electron chi connectivity index (χ0n) is 25.4. The number of rotatable bonds is 26. The Morgan fingerprint density at radius 2 is 1.21 bits per heavy atom. The zero-order chi connectivity index (χ0) is 28.1. The zero-order valence-corrected chi connectivity index (χ0v) is 26.3. The van der Waals surface area contributed by atoms with Gasteiger partial charge in [-0.1, -0.05) is 96.8 Å². The number of phosphoric ester groups is 1. The van der Waals surface area contributed by atoms with Crippen LogP contribution < -0.4 is 0 Å². The highest BCUT2D eigenvalue weighted by molar-refractivity contribution is 7.46. The molecule has 2 atom stereocenters. The Balaban J connectivity index is 2.12. The standard InChI is InChI=1S/C30H62NO6P/c1-5-6-7-8-9-10-11-12-17-22-35-23-18-13-14-19-24-36-26-29(28-20-15-16-21-28)25-30(31(2,3)4)27-37-38(32,33)34/h28-30H,5-27H2,1-4H3,(H-,32,33,34)/p+1. The number of phosphoric acid groups is 1. The Labute approximate surface area is 235 Å². The lowest BCUT2D eigenvalue weighted by Crippen LogP contribution is -2.49. The van der Waals surface area contributed by atoms with Gasteiger partial charge in [-0.3, -0.25) is 4.52 Å². The van der Waals surface area contributed by atoms with Crippen LogP contribution in [0.5, 0.6) is 0 Å². The third-order valence-electron chi connectivity index (χ3n) is 8.22. The number of ether oxygens (including phenoxy) is 2. The minimum atomic E-state index is -4.46. The molecule has 1 saturated carbocycles. The van der Waals surface area contributed by atoms with Gasteiger partial charge in [-0.15, -0.1) is 0 Å². The summed E-state index contributed by atoms with van der Waals surface area (Å²) >= 11 is 0. The molecule has 1 aliphatic carbocycles. The molecule has 0 aromatic rings. The van der Waals surface area contributed by atoms with Crippen LogP contribution >= 0.6 is 7.82 Å². The minimum absolute atomic E-state index is 0.0207. The van der Waals surface area contributed by atoms with Crippen LogP contribution in [0.25, 0.3) is 0 Å². The maximum atomic E-state index is 11.3. The predicted molar refractivity (Wildman–Crippen MR) is 157 cm³/mol. The lowest BCUT2D eigenvalue weighted by Gasteiger charge is -2.37. The first-order chi connectivity index (χ1) is 18.1. The highest BCUT2D eigenvalue weighted by Gasteiger charge is 2.34. The average molecular weight is 565 g/mol. The van der Waals surface area contributed by atoms with Gasteiger partial charge in [0, 0.05) is 32.8 Å². The number of hydrogen-bond acceptors (Lipinski definition) is 4. The second-order valence-corrected chi connectivity index (χ2v) is 13.8. The third kappa shape index (κ3) is 20.0. The van der Waals surface area contributed by atoms with Gasteiger partial charge in [0.05, 0.1) is 21.1 Å². The lowest BCUT2D eigenvalue weighted by molar-refractivity contribution is -0.897. The van der Waals surface area contributed by atoms with Crippen molar-refractivity contribution in [3.8, 4) is 0 Å². The summed E-state index contributed by atoms with van der Waals surface area (Å²) in [5.41, 5.74) is 0. The second kappa shape index (κ2) is 21.7. The van der Waals surface area contributed by atoms with Crippen LogP contribution in [-0.2, 0) is 18.6 Å². The Bertz CT molecular complexity index is 588. The summed E-state index contributed by atoms with van der Waals surface area (Å²) in [5, 5.41) is 0. The Hall–Kier alpha value is -0.0100. The van der Waals surface area contributed by atoms with Gasteiger partial charge in [0.1, 0.15) is 12.6 Å². The van der Waals surface area contributed by atoms with E-state index in [9.17, 15) is 14.4 Å². The van der Waals surface area contributed by atoms with Gasteiger partial charge in [0.2, 0.25) is 0 Å². The Kier molecular flexibility index (Phi) is 20.6. The Morgan fingerprint density at radius 1 is 0.737 bits per heavy atom. The molecule has 0 aliphatic heterocycles. The summed E-state index contributed by atoms with van der Waals surface area (Å²) in [5.74, 6) is 1.05. The maximum Gasteiger partial charge on any atom is 0.469 e. The molecule has 0 amide bonds. The molecule has 0 spiro atoms. The van der Waals surface area contributed by atoms with Gasteiger partial charge in [0.25, 0.3) is 0 Å². The molecule has 38 heavy (non-hydrogen) atoms. The summed E-state index contributed by atoms with van der Waals surface area (Å²) in [7, 11) is 1.74. The molecule has 1 rings (SSSR count). The monoisotopic (exact) mass is 564 g/mol. The van der Waals surface area contributed by atoms with Crippen molar-refractivity contribution >= 4 is 7.82 Å². The van der Waals surface area contributed by atoms with Crippen LogP contribution in [0.1, 0.15) is 122 Å². The molecule has 7 nitrogen and oxygen atoms in total. The van der Waals surface area contributed by atoms with Crippen molar-refractivity contribution in [1.29, 1.82) is 0 Å². The summed E-state index contributed by atoms with van der Waals surface area (Å²) in [6, 6.07) is 0.0207. The van der Waals surface area contributed by atoms with E-state index in [0.717, 1.165) is 45.7 Å². The molecular weight excluding hydrogens is 501 g/mol. The molecule has 0 radical (unpaired) electrons. The van der Waals surface area contributed by atoms with Gasteiger partial charge in [-0.25, -0.2) is 4.57 Å². The molecule has 228 valence electrons. The van der Waals surface area contributed by atoms with E-state index in [-0.39, 0.29) is 12.6 Å². The molecule has 2 unspecified atom stereocenters. The van der Waals surface area contributed by atoms with E-state index in [1.807, 2.05) is 0 Å². The largest absolute Gasteiger partial charge is 0.469 e. The van der Waals surface area contributed by atoms with E-state index in [1.165, 1.54) is 96.3 Å². The normalized spacial score (nSPS) is 16.8. The molecular formula is C30H63NO6P+. The molecule has 1 fully saturated rings. The van der Waals surface area contributed by atoms with Gasteiger partial charge < -0.3 is 23.7 Å². The lowest BCUT2D eigenvalue weighted by atomic mass is 9.85. The SMILES string of the molecule is CCCCCCCCCCCOCCCCCCOCC(CC(COP(=O)(O)O)[N+](C)(C)C)C1CCCC1. The first-order valence-corrected chi connectivity index (χ1v) is 17.3. The van der Waals surface area contributed by atoms with Gasteiger partial charge in [0.15, 0.2) is 0 Å². The quantitative estimate of drug-likeness (QED) is 0.0643. The van der Waals surface area contributed by atoms with Crippen molar-refractivity contribution in [3.05, 3.63) is 0 Å².